The van der Waals surface area contributed by atoms with Crippen LogP contribution in [-0.4, -0.2) is 105 Å². The van der Waals surface area contributed by atoms with Crippen molar-refractivity contribution in [3.8, 4) is 0 Å². The molecule has 0 bridgehead atoms. The molecule has 0 saturated carbocycles. The molecule has 1 atom stereocenters. The van der Waals surface area contributed by atoms with Gasteiger partial charge in [0.25, 0.3) is 11.8 Å². The summed E-state index contributed by atoms with van der Waals surface area (Å²) in [6, 6.07) is 15.9. The van der Waals surface area contributed by atoms with Gasteiger partial charge in [-0.3, -0.25) is 24.4 Å². The number of carboxylic acids is 2. The van der Waals surface area contributed by atoms with Crippen LogP contribution in [0.5, 0.6) is 0 Å². The lowest BCUT2D eigenvalue weighted by Gasteiger charge is -2.37. The highest BCUT2D eigenvalue weighted by Gasteiger charge is 2.38. The second-order valence-electron chi connectivity index (χ2n) is 9.52. The number of carboxylic acid groups (broad SMARTS) is 2. The van der Waals surface area contributed by atoms with Crippen LogP contribution < -0.4 is 4.90 Å². The fraction of sp³-hybridized carbons (Fsp3) is 0.233. The Morgan fingerprint density at radius 3 is 1.98 bits per heavy atom. The van der Waals surface area contributed by atoms with Gasteiger partial charge in [0, 0.05) is 63.5 Å². The summed E-state index contributed by atoms with van der Waals surface area (Å²) in [7, 11) is 0. The first-order chi connectivity index (χ1) is 20.7. The van der Waals surface area contributed by atoms with E-state index in [1.165, 1.54) is 11.1 Å². The van der Waals surface area contributed by atoms with Crippen molar-refractivity contribution in [2.75, 3.05) is 44.2 Å². The number of nitrogens with zero attached hydrogens (tertiary/aromatic N) is 5. The smallest absolute Gasteiger partial charge is 0.340 e. The predicted molar refractivity (Wildman–Crippen MR) is 153 cm³/mol. The van der Waals surface area contributed by atoms with Gasteiger partial charge in [-0.05, 0) is 36.4 Å². The van der Waals surface area contributed by atoms with Crippen molar-refractivity contribution in [3.05, 3.63) is 102 Å². The zero-order valence-corrected chi connectivity index (χ0v) is 23.0. The molecule has 2 aliphatic heterocycles. The number of carbonyl (C=O) groups excluding carboxylic acids is 3. The van der Waals surface area contributed by atoms with E-state index in [-0.39, 0.29) is 18.4 Å². The fourth-order valence-electron chi connectivity index (χ4n) is 4.57. The Hall–Kier alpha value is -5.43. The highest BCUT2D eigenvalue weighted by Crippen LogP contribution is 2.23. The first-order valence-electron chi connectivity index (χ1n) is 13.3. The molecule has 1 fully saturated rings. The second kappa shape index (κ2) is 14.5. The van der Waals surface area contributed by atoms with Crippen LogP contribution in [0.15, 0.2) is 85.3 Å². The number of aliphatic carboxylic acids is 2. The average molecular weight is 588 g/mol. The number of esters is 1. The molecular formula is C30H29N5O8. The van der Waals surface area contributed by atoms with E-state index in [2.05, 4.69) is 19.8 Å². The molecule has 43 heavy (non-hydrogen) atoms. The van der Waals surface area contributed by atoms with Crippen LogP contribution in [0.2, 0.25) is 0 Å². The lowest BCUT2D eigenvalue weighted by atomic mass is 10.1. The van der Waals surface area contributed by atoms with Gasteiger partial charge < -0.3 is 19.8 Å². The highest BCUT2D eigenvalue weighted by molar-refractivity contribution is 6.21. The van der Waals surface area contributed by atoms with Crippen molar-refractivity contribution >= 4 is 35.5 Å². The number of hydrogen-bond donors (Lipinski definition) is 2. The summed E-state index contributed by atoms with van der Waals surface area (Å²) < 4.78 is 5.82. The molecule has 2 aromatic heterocycles. The summed E-state index contributed by atoms with van der Waals surface area (Å²) in [4.78, 5) is 71.7. The van der Waals surface area contributed by atoms with E-state index in [4.69, 9.17) is 14.9 Å². The average Bonchev–Trinajstić information content (AvgIpc) is 3.26. The van der Waals surface area contributed by atoms with Crippen molar-refractivity contribution in [1.82, 2.24) is 19.8 Å². The SMILES string of the molecule is O=C(O)/C=C\C(=O)O.O=C(OC(CN1CCN(c2ccccn2)CC1)CN1C(=O)c2ccccc2C1=O)c1cccnc1. The van der Waals surface area contributed by atoms with Gasteiger partial charge in [-0.1, -0.05) is 18.2 Å². The molecule has 1 saturated heterocycles. The normalized spacial score (nSPS) is 15.4. The highest BCUT2D eigenvalue weighted by atomic mass is 16.5. The summed E-state index contributed by atoms with van der Waals surface area (Å²) in [6.45, 7) is 3.40. The third kappa shape index (κ3) is 8.30. The monoisotopic (exact) mass is 587 g/mol. The third-order valence-corrected chi connectivity index (χ3v) is 6.61. The topological polar surface area (TPSA) is 171 Å². The number of imide groups is 1. The number of piperazine rings is 1. The molecule has 3 aromatic rings. The Morgan fingerprint density at radius 1 is 0.814 bits per heavy atom. The third-order valence-electron chi connectivity index (χ3n) is 6.61. The number of amides is 2. The van der Waals surface area contributed by atoms with Gasteiger partial charge in [0.05, 0.1) is 23.2 Å². The summed E-state index contributed by atoms with van der Waals surface area (Å²) in [5.74, 6) is -2.86. The minimum Gasteiger partial charge on any atom is -0.478 e. The van der Waals surface area contributed by atoms with Crippen molar-refractivity contribution < 1.29 is 38.9 Å². The first-order valence-corrected chi connectivity index (χ1v) is 13.3. The number of rotatable bonds is 9. The van der Waals surface area contributed by atoms with Gasteiger partial charge in [0.2, 0.25) is 0 Å². The lowest BCUT2D eigenvalue weighted by molar-refractivity contribution is -0.134. The molecule has 4 heterocycles. The van der Waals surface area contributed by atoms with Gasteiger partial charge >= 0.3 is 17.9 Å². The zero-order valence-electron chi connectivity index (χ0n) is 23.0. The van der Waals surface area contributed by atoms with Crippen molar-refractivity contribution in [1.29, 1.82) is 0 Å². The van der Waals surface area contributed by atoms with Gasteiger partial charge in [-0.15, -0.1) is 0 Å². The molecule has 0 aliphatic carbocycles. The Morgan fingerprint density at radius 2 is 1.44 bits per heavy atom. The van der Waals surface area contributed by atoms with Gasteiger partial charge in [-0.2, -0.15) is 0 Å². The maximum absolute atomic E-state index is 12.9. The van der Waals surface area contributed by atoms with Crippen molar-refractivity contribution in [2.45, 2.75) is 6.10 Å². The van der Waals surface area contributed by atoms with Crippen LogP contribution in [0, 0.1) is 0 Å². The minimum atomic E-state index is -1.26. The van der Waals surface area contributed by atoms with E-state index in [0.717, 1.165) is 32.0 Å². The molecule has 13 nitrogen and oxygen atoms in total. The Bertz CT molecular complexity index is 1440. The van der Waals surface area contributed by atoms with Crippen LogP contribution in [0.25, 0.3) is 0 Å². The number of carbonyl (C=O) groups is 5. The van der Waals surface area contributed by atoms with Gasteiger partial charge in [0.15, 0.2) is 0 Å². The Balaban J connectivity index is 0.000000467. The lowest BCUT2D eigenvalue weighted by Crippen LogP contribution is -2.51. The van der Waals surface area contributed by atoms with E-state index in [1.54, 1.807) is 48.8 Å². The number of aromatic nitrogens is 2. The van der Waals surface area contributed by atoms with Gasteiger partial charge in [-0.25, -0.2) is 19.4 Å². The number of hydrogen-bond acceptors (Lipinski definition) is 10. The van der Waals surface area contributed by atoms with Crippen LogP contribution in [0.4, 0.5) is 5.82 Å². The molecule has 1 aromatic carbocycles. The van der Waals surface area contributed by atoms with E-state index in [9.17, 15) is 24.0 Å². The van der Waals surface area contributed by atoms with E-state index in [1.807, 2.05) is 18.2 Å². The maximum atomic E-state index is 12.9. The molecule has 2 amide bonds. The standard InChI is InChI=1S/C26H25N5O4.C4H4O4/c32-24-21-7-1-2-8-22(21)25(33)31(24)18-20(35-26(34)19-6-5-10-27-16-19)17-29-12-14-30(15-13-29)23-9-3-4-11-28-23;5-3(6)1-2-4(7)8/h1-11,16,20H,12-15,17-18H2;1-2H,(H,5,6)(H,7,8)/b;2-1-. The largest absolute Gasteiger partial charge is 0.478 e. The molecule has 13 heteroatoms. The summed E-state index contributed by atoms with van der Waals surface area (Å²) >= 11 is 0. The molecule has 5 rings (SSSR count). The fourth-order valence-corrected chi connectivity index (χ4v) is 4.57. The van der Waals surface area contributed by atoms with E-state index < -0.39 is 24.0 Å². The molecule has 2 aliphatic rings. The van der Waals surface area contributed by atoms with Crippen molar-refractivity contribution in [2.24, 2.45) is 0 Å². The van der Waals surface area contributed by atoms with Crippen LogP contribution >= 0.6 is 0 Å². The minimum absolute atomic E-state index is 0.0151. The molecule has 1 unspecified atom stereocenters. The number of pyridine rings is 2. The second-order valence-corrected chi connectivity index (χ2v) is 9.52. The summed E-state index contributed by atoms with van der Waals surface area (Å²) in [6.07, 6.45) is 5.22. The van der Waals surface area contributed by atoms with Crippen LogP contribution in [0.1, 0.15) is 31.1 Å². The summed E-state index contributed by atoms with van der Waals surface area (Å²) in [5.41, 5.74) is 1.07. The molecule has 2 N–H and O–H groups in total. The van der Waals surface area contributed by atoms with Crippen molar-refractivity contribution in [3.63, 3.8) is 0 Å². The number of ether oxygens (including phenoxy) is 1. The van der Waals surface area contributed by atoms with E-state index in [0.29, 0.717) is 35.4 Å². The number of benzene rings is 1. The quantitative estimate of drug-likeness (QED) is 0.212. The Labute approximate surface area is 246 Å². The Kier molecular flexibility index (Phi) is 10.3. The number of fused-ring (bicyclic) bond motifs is 1. The summed E-state index contributed by atoms with van der Waals surface area (Å²) in [5, 5.41) is 15.6. The zero-order chi connectivity index (χ0) is 30.8. The van der Waals surface area contributed by atoms with Crippen LogP contribution in [0.3, 0.4) is 0 Å². The molecule has 0 spiro atoms. The van der Waals surface area contributed by atoms with Gasteiger partial charge in [0.1, 0.15) is 11.9 Å². The first kappa shape index (κ1) is 30.5. The maximum Gasteiger partial charge on any atom is 0.340 e. The molecular weight excluding hydrogens is 558 g/mol. The van der Waals surface area contributed by atoms with Crippen LogP contribution in [-0.2, 0) is 14.3 Å². The molecule has 0 radical (unpaired) electrons. The van der Waals surface area contributed by atoms with E-state index >= 15 is 0 Å². The predicted octanol–water partition coefficient (Wildman–Crippen LogP) is 1.83. The number of anilines is 1. The molecule has 222 valence electrons.